The van der Waals surface area contributed by atoms with Crippen LogP contribution in [0.4, 0.5) is 0 Å². The van der Waals surface area contributed by atoms with Gasteiger partial charge in [0.05, 0.1) is 0 Å². The molecule has 1 aliphatic rings. The van der Waals surface area contributed by atoms with Gasteiger partial charge in [0.25, 0.3) is 0 Å². The Hall–Kier alpha value is -0.610. The Labute approximate surface area is 110 Å². The summed E-state index contributed by atoms with van der Waals surface area (Å²) in [5.74, 6) is 0.0407. The summed E-state index contributed by atoms with van der Waals surface area (Å²) in [6, 6.07) is -0.425. The summed E-state index contributed by atoms with van der Waals surface area (Å²) in [4.78, 5) is 11.1. The molecule has 1 aliphatic carbocycles. The van der Waals surface area contributed by atoms with E-state index in [1.807, 2.05) is 0 Å². The van der Waals surface area contributed by atoms with Crippen molar-refractivity contribution in [3.63, 3.8) is 0 Å². The third kappa shape index (κ3) is 4.94. The van der Waals surface area contributed by atoms with E-state index >= 15 is 0 Å². The highest BCUT2D eigenvalue weighted by molar-refractivity contribution is 5.73. The highest BCUT2D eigenvalue weighted by Crippen LogP contribution is 2.29. The van der Waals surface area contributed by atoms with Crippen LogP contribution >= 0.6 is 0 Å². The van der Waals surface area contributed by atoms with Gasteiger partial charge in [0.2, 0.25) is 0 Å². The van der Waals surface area contributed by atoms with Gasteiger partial charge in [0, 0.05) is 6.61 Å². The summed E-state index contributed by atoms with van der Waals surface area (Å²) in [5.41, 5.74) is 0. The topological polar surface area (TPSA) is 69.6 Å². The van der Waals surface area contributed by atoms with Gasteiger partial charge in [-0.3, -0.25) is 4.79 Å². The van der Waals surface area contributed by atoms with E-state index in [9.17, 15) is 9.90 Å². The maximum absolute atomic E-state index is 11.1. The van der Waals surface area contributed by atoms with Crippen LogP contribution < -0.4 is 5.32 Å². The van der Waals surface area contributed by atoms with Gasteiger partial charge in [0.1, 0.15) is 6.04 Å². The number of carboxylic acids is 1. The number of unbranched alkanes of at least 4 members (excludes halogenated alkanes) is 1. The van der Waals surface area contributed by atoms with Gasteiger partial charge in [-0.25, -0.2) is 0 Å². The van der Waals surface area contributed by atoms with E-state index in [1.165, 1.54) is 12.8 Å². The smallest absolute Gasteiger partial charge is 0.320 e. The van der Waals surface area contributed by atoms with E-state index < -0.39 is 12.0 Å². The van der Waals surface area contributed by atoms with Crippen molar-refractivity contribution in [2.75, 3.05) is 13.2 Å². The lowest BCUT2D eigenvalue weighted by Gasteiger charge is -2.31. The van der Waals surface area contributed by atoms with Crippen molar-refractivity contribution in [3.05, 3.63) is 0 Å². The fraction of sp³-hybridized carbons (Fsp3) is 0.929. The maximum Gasteiger partial charge on any atom is 0.320 e. The highest BCUT2D eigenvalue weighted by atomic mass is 16.4. The molecule has 0 amide bonds. The highest BCUT2D eigenvalue weighted by Gasteiger charge is 2.26. The first-order valence-electron chi connectivity index (χ1n) is 7.26. The lowest BCUT2D eigenvalue weighted by Crippen LogP contribution is -2.42. The molecule has 3 N–H and O–H groups in total. The molecule has 0 aromatic rings. The minimum Gasteiger partial charge on any atom is -0.480 e. The minimum absolute atomic E-state index is 0.235. The van der Waals surface area contributed by atoms with Crippen LogP contribution in [-0.2, 0) is 4.79 Å². The molecule has 3 unspecified atom stereocenters. The second-order valence-electron chi connectivity index (χ2n) is 5.43. The van der Waals surface area contributed by atoms with Crippen molar-refractivity contribution in [1.82, 2.24) is 5.32 Å². The number of aliphatic hydroxyl groups is 1. The van der Waals surface area contributed by atoms with Gasteiger partial charge in [0.15, 0.2) is 0 Å². The van der Waals surface area contributed by atoms with Gasteiger partial charge < -0.3 is 15.5 Å². The van der Waals surface area contributed by atoms with E-state index in [0.29, 0.717) is 18.3 Å². The van der Waals surface area contributed by atoms with Crippen LogP contribution in [-0.4, -0.2) is 35.4 Å². The molecule has 0 saturated heterocycles. The predicted octanol–water partition coefficient (Wildman–Crippen LogP) is 2.02. The molecule has 0 heterocycles. The van der Waals surface area contributed by atoms with Crippen molar-refractivity contribution in [1.29, 1.82) is 0 Å². The fourth-order valence-electron chi connectivity index (χ4n) is 2.81. The Balaban J connectivity index is 2.37. The molecule has 18 heavy (non-hydrogen) atoms. The SMILES string of the molecule is CCCCC(NCC1CCCCC1CO)C(=O)O. The van der Waals surface area contributed by atoms with Gasteiger partial charge in [-0.2, -0.15) is 0 Å². The standard InChI is InChI=1S/C14H27NO3/c1-2-3-8-13(14(17)18)15-9-11-6-4-5-7-12(11)10-16/h11-13,15-16H,2-10H2,1H3,(H,17,18). The van der Waals surface area contributed by atoms with Gasteiger partial charge in [-0.15, -0.1) is 0 Å². The molecule has 4 heteroatoms. The van der Waals surface area contributed by atoms with Gasteiger partial charge in [-0.1, -0.05) is 32.6 Å². The molecule has 0 radical (unpaired) electrons. The van der Waals surface area contributed by atoms with Gasteiger partial charge in [-0.05, 0) is 37.6 Å². The number of carbonyl (C=O) groups is 1. The second kappa shape index (κ2) is 8.48. The van der Waals surface area contributed by atoms with Crippen LogP contribution in [0.1, 0.15) is 51.9 Å². The molecule has 0 aliphatic heterocycles. The summed E-state index contributed by atoms with van der Waals surface area (Å²) in [6.45, 7) is 3.03. The van der Waals surface area contributed by atoms with Crippen molar-refractivity contribution in [2.24, 2.45) is 11.8 Å². The Kier molecular flexibility index (Phi) is 7.28. The molecule has 0 bridgehead atoms. The number of hydrogen-bond acceptors (Lipinski definition) is 3. The minimum atomic E-state index is -0.750. The lowest BCUT2D eigenvalue weighted by atomic mass is 9.79. The van der Waals surface area contributed by atoms with E-state index in [-0.39, 0.29) is 6.61 Å². The van der Waals surface area contributed by atoms with Crippen molar-refractivity contribution < 1.29 is 15.0 Å². The first-order valence-corrected chi connectivity index (χ1v) is 7.26. The van der Waals surface area contributed by atoms with E-state index in [2.05, 4.69) is 12.2 Å². The summed E-state index contributed by atoms with van der Waals surface area (Å²) in [7, 11) is 0. The summed E-state index contributed by atoms with van der Waals surface area (Å²) in [6.07, 6.45) is 7.25. The van der Waals surface area contributed by atoms with Crippen molar-refractivity contribution in [2.45, 2.75) is 57.9 Å². The molecule has 0 aromatic carbocycles. The molecule has 1 fully saturated rings. The molecule has 106 valence electrons. The molecule has 1 saturated carbocycles. The Morgan fingerprint density at radius 3 is 2.56 bits per heavy atom. The number of carboxylic acid groups (broad SMARTS) is 1. The van der Waals surface area contributed by atoms with Crippen LogP contribution in [0.2, 0.25) is 0 Å². The molecule has 4 nitrogen and oxygen atoms in total. The predicted molar refractivity (Wildman–Crippen MR) is 71.5 cm³/mol. The quantitative estimate of drug-likeness (QED) is 0.622. The fourth-order valence-corrected chi connectivity index (χ4v) is 2.81. The largest absolute Gasteiger partial charge is 0.480 e. The molecular formula is C14H27NO3. The second-order valence-corrected chi connectivity index (χ2v) is 5.43. The molecule has 3 atom stereocenters. The van der Waals surface area contributed by atoms with Crippen LogP contribution in [0.15, 0.2) is 0 Å². The molecule has 0 spiro atoms. The lowest BCUT2D eigenvalue weighted by molar-refractivity contribution is -0.139. The zero-order valence-electron chi connectivity index (χ0n) is 11.4. The number of aliphatic hydroxyl groups excluding tert-OH is 1. The first-order chi connectivity index (χ1) is 8.69. The number of hydrogen-bond donors (Lipinski definition) is 3. The third-order valence-corrected chi connectivity index (χ3v) is 4.07. The Morgan fingerprint density at radius 1 is 1.33 bits per heavy atom. The Bertz CT molecular complexity index is 245. The average molecular weight is 257 g/mol. The van der Waals surface area contributed by atoms with Crippen molar-refractivity contribution in [3.8, 4) is 0 Å². The van der Waals surface area contributed by atoms with E-state index in [0.717, 1.165) is 32.2 Å². The zero-order valence-corrected chi connectivity index (χ0v) is 11.4. The average Bonchev–Trinajstić information content (AvgIpc) is 2.38. The normalized spacial score (nSPS) is 25.9. The van der Waals surface area contributed by atoms with Crippen LogP contribution in [0.5, 0.6) is 0 Å². The summed E-state index contributed by atoms with van der Waals surface area (Å²) < 4.78 is 0. The van der Waals surface area contributed by atoms with E-state index in [4.69, 9.17) is 5.11 Å². The Morgan fingerprint density at radius 2 is 2.00 bits per heavy atom. The number of nitrogens with one attached hydrogen (secondary N) is 1. The van der Waals surface area contributed by atoms with Crippen LogP contribution in [0, 0.1) is 11.8 Å². The first kappa shape index (κ1) is 15.4. The molecule has 0 aromatic heterocycles. The van der Waals surface area contributed by atoms with Crippen molar-refractivity contribution >= 4 is 5.97 Å². The third-order valence-electron chi connectivity index (χ3n) is 4.07. The summed E-state index contributed by atoms with van der Waals surface area (Å²) >= 11 is 0. The molecule has 1 rings (SSSR count). The molecular weight excluding hydrogens is 230 g/mol. The monoisotopic (exact) mass is 257 g/mol. The van der Waals surface area contributed by atoms with Crippen LogP contribution in [0.3, 0.4) is 0 Å². The summed E-state index contributed by atoms with van der Waals surface area (Å²) in [5, 5.41) is 21.7. The number of aliphatic carboxylic acids is 1. The number of rotatable bonds is 8. The van der Waals surface area contributed by atoms with E-state index in [1.54, 1.807) is 0 Å². The van der Waals surface area contributed by atoms with Gasteiger partial charge >= 0.3 is 5.97 Å². The zero-order chi connectivity index (χ0) is 13.4. The van der Waals surface area contributed by atoms with Crippen LogP contribution in [0.25, 0.3) is 0 Å². The maximum atomic E-state index is 11.1.